The second-order valence-electron chi connectivity index (χ2n) is 5.51. The Balaban J connectivity index is 2.09. The minimum atomic E-state index is -0.220. The van der Waals surface area contributed by atoms with Crippen molar-refractivity contribution in [3.63, 3.8) is 0 Å². The standard InChI is InChI=1S/C17H18N2O/c1-10-4-3-5-12(6-10)16(18)14-8-11(2)7-13-9-15(20)19-17(13)14/h3-8,16H,9,18H2,1-2H3,(H,19,20). The van der Waals surface area contributed by atoms with Crippen molar-refractivity contribution in [3.05, 3.63) is 64.2 Å². The number of anilines is 1. The van der Waals surface area contributed by atoms with Crippen molar-refractivity contribution in [1.82, 2.24) is 0 Å². The van der Waals surface area contributed by atoms with Gasteiger partial charge in [0, 0.05) is 5.69 Å². The van der Waals surface area contributed by atoms with Gasteiger partial charge in [-0.3, -0.25) is 4.79 Å². The number of nitrogens with two attached hydrogens (primary N) is 1. The van der Waals surface area contributed by atoms with Crippen LogP contribution in [0.25, 0.3) is 0 Å². The maximum atomic E-state index is 11.6. The number of hydrogen-bond acceptors (Lipinski definition) is 2. The van der Waals surface area contributed by atoms with Crippen LogP contribution in [0.15, 0.2) is 36.4 Å². The van der Waals surface area contributed by atoms with Crippen LogP contribution in [0, 0.1) is 13.8 Å². The highest BCUT2D eigenvalue weighted by atomic mass is 16.1. The third-order valence-corrected chi connectivity index (χ3v) is 3.75. The first-order valence-corrected chi connectivity index (χ1v) is 6.80. The largest absolute Gasteiger partial charge is 0.325 e. The third kappa shape index (κ3) is 2.21. The van der Waals surface area contributed by atoms with Gasteiger partial charge in [0.25, 0.3) is 0 Å². The molecule has 1 atom stereocenters. The van der Waals surface area contributed by atoms with Crippen LogP contribution in [0.1, 0.15) is 33.9 Å². The monoisotopic (exact) mass is 266 g/mol. The van der Waals surface area contributed by atoms with Crippen LogP contribution in [-0.4, -0.2) is 5.91 Å². The highest BCUT2D eigenvalue weighted by Gasteiger charge is 2.24. The lowest BCUT2D eigenvalue weighted by Gasteiger charge is -2.18. The van der Waals surface area contributed by atoms with Crippen LogP contribution < -0.4 is 11.1 Å². The maximum Gasteiger partial charge on any atom is 0.228 e. The van der Waals surface area contributed by atoms with Crippen molar-refractivity contribution in [2.45, 2.75) is 26.3 Å². The van der Waals surface area contributed by atoms with E-state index in [0.29, 0.717) is 6.42 Å². The number of benzene rings is 2. The first kappa shape index (κ1) is 12.9. The smallest absolute Gasteiger partial charge is 0.228 e. The fourth-order valence-corrected chi connectivity index (χ4v) is 2.83. The molecule has 0 fully saturated rings. The van der Waals surface area contributed by atoms with E-state index in [1.54, 1.807) is 0 Å². The molecule has 20 heavy (non-hydrogen) atoms. The Morgan fingerprint density at radius 2 is 1.95 bits per heavy atom. The molecule has 3 nitrogen and oxygen atoms in total. The fraction of sp³-hybridized carbons (Fsp3) is 0.235. The molecule has 3 heteroatoms. The molecule has 0 radical (unpaired) electrons. The van der Waals surface area contributed by atoms with Gasteiger partial charge in [0.1, 0.15) is 0 Å². The summed E-state index contributed by atoms with van der Waals surface area (Å²) >= 11 is 0. The average Bonchev–Trinajstić information content (AvgIpc) is 2.77. The molecule has 0 bridgehead atoms. The predicted octanol–water partition coefficient (Wildman–Crippen LogP) is 2.85. The summed E-state index contributed by atoms with van der Waals surface area (Å²) in [6.07, 6.45) is 0.449. The topological polar surface area (TPSA) is 55.1 Å². The molecule has 1 amide bonds. The van der Waals surface area contributed by atoms with Gasteiger partial charge in [0.2, 0.25) is 5.91 Å². The van der Waals surface area contributed by atoms with Gasteiger partial charge in [-0.15, -0.1) is 0 Å². The van der Waals surface area contributed by atoms with Gasteiger partial charge in [-0.05, 0) is 30.5 Å². The van der Waals surface area contributed by atoms with E-state index in [-0.39, 0.29) is 11.9 Å². The van der Waals surface area contributed by atoms with E-state index >= 15 is 0 Å². The Labute approximate surface area is 118 Å². The summed E-state index contributed by atoms with van der Waals surface area (Å²) in [5.41, 5.74) is 12.8. The highest BCUT2D eigenvalue weighted by molar-refractivity contribution is 6.00. The van der Waals surface area contributed by atoms with Crippen LogP contribution in [-0.2, 0) is 11.2 Å². The van der Waals surface area contributed by atoms with E-state index in [4.69, 9.17) is 5.73 Å². The van der Waals surface area contributed by atoms with Crippen LogP contribution in [0.3, 0.4) is 0 Å². The van der Waals surface area contributed by atoms with Gasteiger partial charge in [-0.2, -0.15) is 0 Å². The lowest BCUT2D eigenvalue weighted by molar-refractivity contribution is -0.115. The van der Waals surface area contributed by atoms with Crippen molar-refractivity contribution in [3.8, 4) is 0 Å². The third-order valence-electron chi connectivity index (χ3n) is 3.75. The second kappa shape index (κ2) is 4.76. The first-order chi connectivity index (χ1) is 9.54. The van der Waals surface area contributed by atoms with E-state index in [9.17, 15) is 4.79 Å². The SMILES string of the molecule is Cc1cccc(C(N)c2cc(C)cc3c2NC(=O)C3)c1. The van der Waals surface area contributed by atoms with Gasteiger partial charge in [0.05, 0.1) is 12.5 Å². The number of hydrogen-bond donors (Lipinski definition) is 2. The molecule has 2 aromatic carbocycles. The lowest BCUT2D eigenvalue weighted by Crippen LogP contribution is -2.15. The molecule has 3 rings (SSSR count). The number of carbonyl (C=O) groups is 1. The number of carbonyl (C=O) groups excluding carboxylic acids is 1. The molecule has 1 unspecified atom stereocenters. The van der Waals surface area contributed by atoms with Gasteiger partial charge >= 0.3 is 0 Å². The van der Waals surface area contributed by atoms with Crippen molar-refractivity contribution >= 4 is 11.6 Å². The van der Waals surface area contributed by atoms with E-state index < -0.39 is 0 Å². The number of fused-ring (bicyclic) bond motifs is 1. The Morgan fingerprint density at radius 3 is 2.70 bits per heavy atom. The van der Waals surface area contributed by atoms with Crippen LogP contribution in [0.5, 0.6) is 0 Å². The Hall–Kier alpha value is -2.13. The molecule has 2 aromatic rings. The average molecular weight is 266 g/mol. The summed E-state index contributed by atoms with van der Waals surface area (Å²) in [5.74, 6) is 0.0447. The molecular weight excluding hydrogens is 248 g/mol. The molecule has 0 aromatic heterocycles. The minimum absolute atomic E-state index is 0.0447. The molecule has 0 aliphatic carbocycles. The van der Waals surface area contributed by atoms with E-state index in [0.717, 1.165) is 27.9 Å². The molecule has 0 saturated carbocycles. The summed E-state index contributed by atoms with van der Waals surface area (Å²) in [4.78, 5) is 11.6. The minimum Gasteiger partial charge on any atom is -0.325 e. The van der Waals surface area contributed by atoms with E-state index in [1.165, 1.54) is 5.56 Å². The zero-order chi connectivity index (χ0) is 14.3. The molecule has 1 aliphatic heterocycles. The van der Waals surface area contributed by atoms with Crippen LogP contribution >= 0.6 is 0 Å². The van der Waals surface area contributed by atoms with Gasteiger partial charge in [-0.25, -0.2) is 0 Å². The van der Waals surface area contributed by atoms with Crippen molar-refractivity contribution in [2.24, 2.45) is 5.73 Å². The Kier molecular flexibility index (Phi) is 3.07. The molecule has 102 valence electrons. The zero-order valence-corrected chi connectivity index (χ0v) is 11.7. The molecule has 0 saturated heterocycles. The van der Waals surface area contributed by atoms with E-state index in [1.807, 2.05) is 19.1 Å². The molecule has 1 heterocycles. The van der Waals surface area contributed by atoms with Gasteiger partial charge in [-0.1, -0.05) is 47.5 Å². The number of aryl methyl sites for hydroxylation is 2. The quantitative estimate of drug-likeness (QED) is 0.878. The first-order valence-electron chi connectivity index (χ1n) is 6.80. The molecule has 1 aliphatic rings. The Bertz CT molecular complexity index is 691. The summed E-state index contributed by atoms with van der Waals surface area (Å²) in [6, 6.07) is 12.1. The number of rotatable bonds is 2. The second-order valence-corrected chi connectivity index (χ2v) is 5.51. The molecule has 0 spiro atoms. The van der Waals surface area contributed by atoms with Gasteiger partial charge in [0.15, 0.2) is 0 Å². The normalized spacial score (nSPS) is 14.8. The van der Waals surface area contributed by atoms with Crippen LogP contribution in [0.4, 0.5) is 5.69 Å². The van der Waals surface area contributed by atoms with Gasteiger partial charge < -0.3 is 11.1 Å². The summed E-state index contributed by atoms with van der Waals surface area (Å²) in [7, 11) is 0. The lowest BCUT2D eigenvalue weighted by atomic mass is 9.93. The molecule has 3 N–H and O–H groups in total. The molecular formula is C17H18N2O. The maximum absolute atomic E-state index is 11.6. The summed E-state index contributed by atoms with van der Waals surface area (Å²) in [5, 5.41) is 2.94. The zero-order valence-electron chi connectivity index (χ0n) is 11.7. The highest BCUT2D eigenvalue weighted by Crippen LogP contribution is 2.34. The summed E-state index contributed by atoms with van der Waals surface area (Å²) in [6.45, 7) is 4.09. The van der Waals surface area contributed by atoms with Crippen molar-refractivity contribution in [2.75, 3.05) is 5.32 Å². The summed E-state index contributed by atoms with van der Waals surface area (Å²) < 4.78 is 0. The predicted molar refractivity (Wildman–Crippen MR) is 80.7 cm³/mol. The Morgan fingerprint density at radius 1 is 1.15 bits per heavy atom. The fourth-order valence-electron chi connectivity index (χ4n) is 2.83. The number of nitrogens with one attached hydrogen (secondary N) is 1. The van der Waals surface area contributed by atoms with E-state index in [2.05, 4.69) is 36.5 Å². The van der Waals surface area contributed by atoms with Crippen LogP contribution in [0.2, 0.25) is 0 Å². The van der Waals surface area contributed by atoms with Crippen molar-refractivity contribution < 1.29 is 4.79 Å². The number of amides is 1. The van der Waals surface area contributed by atoms with Crippen molar-refractivity contribution in [1.29, 1.82) is 0 Å².